The second-order valence-electron chi connectivity index (χ2n) is 4.19. The summed E-state index contributed by atoms with van der Waals surface area (Å²) in [4.78, 5) is 19.8. The van der Waals surface area contributed by atoms with Gasteiger partial charge in [0.1, 0.15) is 4.99 Å². The lowest BCUT2D eigenvalue weighted by atomic mass is 10.2. The van der Waals surface area contributed by atoms with E-state index in [0.29, 0.717) is 10.7 Å². The lowest BCUT2D eigenvalue weighted by molar-refractivity contribution is -0.114. The molecule has 0 fully saturated rings. The first-order valence-corrected chi connectivity index (χ1v) is 6.44. The van der Waals surface area contributed by atoms with Crippen LogP contribution in [0.2, 0.25) is 0 Å². The molecular weight excluding hydrogens is 272 g/mol. The molecule has 102 valence electrons. The van der Waals surface area contributed by atoms with Crippen molar-refractivity contribution in [1.82, 2.24) is 9.97 Å². The standard InChI is InChI=1S/C14H14N4OS/c1-9-12(8-15-14(16-9)17-10(2)19)13(20)18-11-6-4-3-5-7-11/h3-8H,1-2H3,(H,18,20)(H,15,16,17,19). The first kappa shape index (κ1) is 14.1. The van der Waals surface area contributed by atoms with E-state index in [1.54, 1.807) is 6.20 Å². The summed E-state index contributed by atoms with van der Waals surface area (Å²) in [5.74, 6) is 0.0726. The highest BCUT2D eigenvalue weighted by Crippen LogP contribution is 2.12. The summed E-state index contributed by atoms with van der Waals surface area (Å²) in [5, 5.41) is 5.66. The molecule has 0 saturated carbocycles. The van der Waals surface area contributed by atoms with Crippen molar-refractivity contribution in [2.75, 3.05) is 10.6 Å². The highest BCUT2D eigenvalue weighted by atomic mass is 32.1. The minimum atomic E-state index is -0.206. The van der Waals surface area contributed by atoms with Crippen LogP contribution in [0.25, 0.3) is 0 Å². The SMILES string of the molecule is CC(=O)Nc1ncc(C(=S)Nc2ccccc2)c(C)n1. The Morgan fingerprint density at radius 3 is 2.50 bits per heavy atom. The third-order valence-electron chi connectivity index (χ3n) is 2.54. The molecular formula is C14H14N4OS. The predicted octanol–water partition coefficient (Wildman–Crippen LogP) is 2.53. The molecule has 0 atom stereocenters. The summed E-state index contributed by atoms with van der Waals surface area (Å²) in [6, 6.07) is 9.63. The average Bonchev–Trinajstić information content (AvgIpc) is 2.39. The molecule has 0 saturated heterocycles. The molecule has 1 heterocycles. The molecule has 0 spiro atoms. The number of aryl methyl sites for hydroxylation is 1. The quantitative estimate of drug-likeness (QED) is 0.849. The van der Waals surface area contributed by atoms with Crippen molar-refractivity contribution >= 4 is 34.7 Å². The summed E-state index contributed by atoms with van der Waals surface area (Å²) in [5.41, 5.74) is 2.35. The fourth-order valence-electron chi connectivity index (χ4n) is 1.63. The largest absolute Gasteiger partial charge is 0.346 e. The average molecular weight is 286 g/mol. The molecule has 2 aromatic rings. The smallest absolute Gasteiger partial charge is 0.229 e. The van der Waals surface area contributed by atoms with E-state index < -0.39 is 0 Å². The van der Waals surface area contributed by atoms with Crippen molar-refractivity contribution in [2.24, 2.45) is 0 Å². The molecule has 5 nitrogen and oxygen atoms in total. The maximum absolute atomic E-state index is 11.0. The van der Waals surface area contributed by atoms with Gasteiger partial charge in [0, 0.05) is 24.4 Å². The number of rotatable bonds is 3. The summed E-state index contributed by atoms with van der Waals surface area (Å²) in [7, 11) is 0. The fourth-order valence-corrected chi connectivity index (χ4v) is 1.95. The van der Waals surface area contributed by atoms with Crippen molar-refractivity contribution < 1.29 is 4.79 Å². The molecule has 0 unspecified atom stereocenters. The summed E-state index contributed by atoms with van der Waals surface area (Å²) >= 11 is 5.34. The number of nitrogens with one attached hydrogen (secondary N) is 2. The van der Waals surface area contributed by atoms with Crippen LogP contribution in [0.4, 0.5) is 11.6 Å². The van der Waals surface area contributed by atoms with Gasteiger partial charge in [-0.1, -0.05) is 30.4 Å². The number of thiocarbonyl (C=S) groups is 1. The number of benzene rings is 1. The normalized spacial score (nSPS) is 9.90. The maximum atomic E-state index is 11.0. The highest BCUT2D eigenvalue weighted by Gasteiger charge is 2.09. The monoisotopic (exact) mass is 286 g/mol. The van der Waals surface area contributed by atoms with Gasteiger partial charge in [-0.05, 0) is 19.1 Å². The molecule has 0 bridgehead atoms. The molecule has 1 aromatic carbocycles. The Bertz CT molecular complexity index is 643. The lowest BCUT2D eigenvalue weighted by Crippen LogP contribution is -2.15. The van der Waals surface area contributed by atoms with Crippen molar-refractivity contribution in [3.8, 4) is 0 Å². The van der Waals surface area contributed by atoms with E-state index in [1.165, 1.54) is 6.92 Å². The Morgan fingerprint density at radius 2 is 1.90 bits per heavy atom. The lowest BCUT2D eigenvalue weighted by Gasteiger charge is -2.10. The zero-order chi connectivity index (χ0) is 14.5. The van der Waals surface area contributed by atoms with Crippen LogP contribution in [0.1, 0.15) is 18.2 Å². The van der Waals surface area contributed by atoms with E-state index in [1.807, 2.05) is 37.3 Å². The predicted molar refractivity (Wildman–Crippen MR) is 82.8 cm³/mol. The van der Waals surface area contributed by atoms with E-state index >= 15 is 0 Å². The molecule has 20 heavy (non-hydrogen) atoms. The van der Waals surface area contributed by atoms with Gasteiger partial charge in [-0.2, -0.15) is 0 Å². The van der Waals surface area contributed by atoms with Crippen LogP contribution < -0.4 is 10.6 Å². The van der Waals surface area contributed by atoms with Crippen LogP contribution in [-0.2, 0) is 4.79 Å². The minimum absolute atomic E-state index is 0.206. The number of anilines is 2. The number of carbonyl (C=O) groups excluding carboxylic acids is 1. The molecule has 0 aliphatic carbocycles. The molecule has 0 radical (unpaired) electrons. The van der Waals surface area contributed by atoms with Gasteiger partial charge >= 0.3 is 0 Å². The number of aromatic nitrogens is 2. The fraction of sp³-hybridized carbons (Fsp3) is 0.143. The Morgan fingerprint density at radius 1 is 1.20 bits per heavy atom. The van der Waals surface area contributed by atoms with Gasteiger partial charge in [-0.25, -0.2) is 9.97 Å². The third kappa shape index (κ3) is 3.58. The van der Waals surface area contributed by atoms with Crippen LogP contribution in [0.5, 0.6) is 0 Å². The number of hydrogen-bond donors (Lipinski definition) is 2. The highest BCUT2D eigenvalue weighted by molar-refractivity contribution is 7.81. The van der Waals surface area contributed by atoms with E-state index in [2.05, 4.69) is 20.6 Å². The number of nitrogens with zero attached hydrogens (tertiary/aromatic N) is 2. The van der Waals surface area contributed by atoms with Gasteiger partial charge in [0.15, 0.2) is 0 Å². The van der Waals surface area contributed by atoms with Crippen LogP contribution in [0, 0.1) is 6.92 Å². The Hall–Kier alpha value is -2.34. The van der Waals surface area contributed by atoms with Crippen molar-refractivity contribution in [3.63, 3.8) is 0 Å². The Balaban J connectivity index is 2.16. The maximum Gasteiger partial charge on any atom is 0.229 e. The minimum Gasteiger partial charge on any atom is -0.346 e. The number of amides is 1. The molecule has 0 aliphatic heterocycles. The number of hydrogen-bond acceptors (Lipinski definition) is 4. The van der Waals surface area contributed by atoms with Crippen molar-refractivity contribution in [3.05, 3.63) is 47.8 Å². The van der Waals surface area contributed by atoms with E-state index in [9.17, 15) is 4.79 Å². The first-order valence-electron chi connectivity index (χ1n) is 6.04. The zero-order valence-corrected chi connectivity index (χ0v) is 12.0. The molecule has 6 heteroatoms. The number of carbonyl (C=O) groups is 1. The molecule has 0 aliphatic rings. The third-order valence-corrected chi connectivity index (χ3v) is 2.87. The molecule has 1 amide bonds. The van der Waals surface area contributed by atoms with E-state index in [0.717, 1.165) is 11.3 Å². The van der Waals surface area contributed by atoms with Crippen LogP contribution in [0.3, 0.4) is 0 Å². The zero-order valence-electron chi connectivity index (χ0n) is 11.2. The van der Waals surface area contributed by atoms with Gasteiger partial charge in [0.05, 0.1) is 5.69 Å². The van der Waals surface area contributed by atoms with Gasteiger partial charge in [0.25, 0.3) is 0 Å². The van der Waals surface area contributed by atoms with E-state index in [-0.39, 0.29) is 11.9 Å². The van der Waals surface area contributed by atoms with Gasteiger partial charge in [-0.3, -0.25) is 10.1 Å². The van der Waals surface area contributed by atoms with Crippen LogP contribution >= 0.6 is 12.2 Å². The second-order valence-corrected chi connectivity index (χ2v) is 4.60. The van der Waals surface area contributed by atoms with Crippen molar-refractivity contribution in [2.45, 2.75) is 13.8 Å². The van der Waals surface area contributed by atoms with Gasteiger partial charge in [-0.15, -0.1) is 0 Å². The van der Waals surface area contributed by atoms with Crippen LogP contribution in [-0.4, -0.2) is 20.9 Å². The Kier molecular flexibility index (Phi) is 4.37. The van der Waals surface area contributed by atoms with E-state index in [4.69, 9.17) is 12.2 Å². The molecule has 1 aromatic heterocycles. The topological polar surface area (TPSA) is 66.9 Å². The summed E-state index contributed by atoms with van der Waals surface area (Å²) in [6.45, 7) is 3.23. The first-order chi connectivity index (χ1) is 9.56. The van der Waals surface area contributed by atoms with Crippen molar-refractivity contribution in [1.29, 1.82) is 0 Å². The van der Waals surface area contributed by atoms with Gasteiger partial charge < -0.3 is 5.32 Å². The summed E-state index contributed by atoms with van der Waals surface area (Å²) in [6.07, 6.45) is 1.60. The van der Waals surface area contributed by atoms with Crippen LogP contribution in [0.15, 0.2) is 36.5 Å². The number of para-hydroxylation sites is 1. The molecule has 2 rings (SSSR count). The summed E-state index contributed by atoms with van der Waals surface area (Å²) < 4.78 is 0. The Labute approximate surface area is 122 Å². The van der Waals surface area contributed by atoms with Gasteiger partial charge in [0.2, 0.25) is 11.9 Å². The second kappa shape index (κ2) is 6.21. The molecule has 2 N–H and O–H groups in total.